The molecule has 0 aliphatic rings. The molecule has 3 aromatic rings. The van der Waals surface area contributed by atoms with Gasteiger partial charge in [0, 0.05) is 10.6 Å². The van der Waals surface area contributed by atoms with Gasteiger partial charge in [-0.2, -0.15) is 0 Å². The van der Waals surface area contributed by atoms with E-state index in [4.69, 9.17) is 11.6 Å². The average molecular weight is 461 g/mol. The molecule has 0 bridgehead atoms. The zero-order valence-corrected chi connectivity index (χ0v) is 18.8. The number of halogens is 2. The minimum atomic E-state index is -4.04. The number of aryl methyl sites for hydroxylation is 1. The van der Waals surface area contributed by atoms with Crippen molar-refractivity contribution in [2.75, 3.05) is 10.0 Å². The molecule has 0 radical (unpaired) electrons. The van der Waals surface area contributed by atoms with Crippen LogP contribution in [0.5, 0.6) is 0 Å². The third-order valence-corrected chi connectivity index (χ3v) is 6.33. The maximum Gasteiger partial charge on any atom is 0.262 e. The van der Waals surface area contributed by atoms with Crippen molar-refractivity contribution in [3.63, 3.8) is 0 Å². The van der Waals surface area contributed by atoms with Crippen molar-refractivity contribution >= 4 is 38.9 Å². The van der Waals surface area contributed by atoms with E-state index in [1.54, 1.807) is 25.1 Å². The maximum atomic E-state index is 14.6. The van der Waals surface area contributed by atoms with Gasteiger partial charge in [-0.25, -0.2) is 12.8 Å². The monoisotopic (exact) mass is 460 g/mol. The summed E-state index contributed by atoms with van der Waals surface area (Å²) in [5.41, 5.74) is 2.21. The van der Waals surface area contributed by atoms with E-state index in [1.807, 2.05) is 26.0 Å². The highest BCUT2D eigenvalue weighted by Gasteiger charge is 2.20. The van der Waals surface area contributed by atoms with E-state index < -0.39 is 21.7 Å². The number of carbonyl (C=O) groups excluding carboxylic acids is 1. The molecule has 0 atom stereocenters. The van der Waals surface area contributed by atoms with Crippen LogP contribution in [0, 0.1) is 12.7 Å². The molecular weight excluding hydrogens is 439 g/mol. The highest BCUT2D eigenvalue weighted by Crippen LogP contribution is 2.30. The molecule has 1 amide bonds. The van der Waals surface area contributed by atoms with Crippen LogP contribution >= 0.6 is 11.6 Å². The van der Waals surface area contributed by atoms with Crippen molar-refractivity contribution in [1.29, 1.82) is 0 Å². The number of hydrogen-bond donors (Lipinski definition) is 2. The highest BCUT2D eigenvalue weighted by molar-refractivity contribution is 7.92. The number of rotatable bonds is 6. The Bertz CT molecular complexity index is 1240. The molecule has 0 aliphatic heterocycles. The number of sulfonamides is 1. The SMILES string of the molecule is Cc1cccc(C(C)C)c1NS(=O)(=O)c1ccc(NC(=O)c2cccc(Cl)c2)c(F)c1. The summed E-state index contributed by atoms with van der Waals surface area (Å²) in [6.07, 6.45) is 0. The Hall–Kier alpha value is -2.90. The number of para-hydroxylation sites is 1. The molecular formula is C23H22ClFN2O3S. The lowest BCUT2D eigenvalue weighted by molar-refractivity contribution is 0.102. The molecule has 0 aliphatic carbocycles. The Balaban J connectivity index is 1.86. The van der Waals surface area contributed by atoms with Gasteiger partial charge >= 0.3 is 0 Å². The molecule has 0 spiro atoms. The smallest absolute Gasteiger partial charge is 0.262 e. The van der Waals surface area contributed by atoms with Crippen LogP contribution < -0.4 is 10.0 Å². The van der Waals surface area contributed by atoms with Crippen LogP contribution in [0.25, 0.3) is 0 Å². The third kappa shape index (κ3) is 5.24. The van der Waals surface area contributed by atoms with E-state index in [0.717, 1.165) is 17.2 Å². The number of benzene rings is 3. The first kappa shape index (κ1) is 22.8. The van der Waals surface area contributed by atoms with Gasteiger partial charge in [-0.1, -0.05) is 49.7 Å². The first-order valence-corrected chi connectivity index (χ1v) is 11.4. The average Bonchev–Trinajstić information content (AvgIpc) is 2.70. The van der Waals surface area contributed by atoms with Crippen LogP contribution in [0.2, 0.25) is 5.02 Å². The second-order valence-corrected chi connectivity index (χ2v) is 9.52. The van der Waals surface area contributed by atoms with Gasteiger partial charge < -0.3 is 5.32 Å². The minimum Gasteiger partial charge on any atom is -0.319 e. The Kier molecular flexibility index (Phi) is 6.67. The van der Waals surface area contributed by atoms with Crippen molar-refractivity contribution in [3.05, 3.63) is 88.2 Å². The van der Waals surface area contributed by atoms with Crippen molar-refractivity contribution < 1.29 is 17.6 Å². The predicted octanol–water partition coefficient (Wildman–Crippen LogP) is 5.96. The van der Waals surface area contributed by atoms with Gasteiger partial charge in [0.1, 0.15) is 5.82 Å². The van der Waals surface area contributed by atoms with Gasteiger partial charge in [0.05, 0.1) is 16.3 Å². The second kappa shape index (κ2) is 9.08. The lowest BCUT2D eigenvalue weighted by Crippen LogP contribution is -2.17. The molecule has 0 heterocycles. The van der Waals surface area contributed by atoms with Gasteiger partial charge in [-0.15, -0.1) is 0 Å². The molecule has 0 aromatic heterocycles. The fourth-order valence-electron chi connectivity index (χ4n) is 3.09. The van der Waals surface area contributed by atoms with E-state index in [2.05, 4.69) is 10.0 Å². The quantitative estimate of drug-likeness (QED) is 0.476. The first-order chi connectivity index (χ1) is 14.6. The summed E-state index contributed by atoms with van der Waals surface area (Å²) >= 11 is 5.87. The van der Waals surface area contributed by atoms with Crippen LogP contribution in [0.15, 0.2) is 65.6 Å². The molecule has 31 heavy (non-hydrogen) atoms. The van der Waals surface area contributed by atoms with Crippen LogP contribution in [0.3, 0.4) is 0 Å². The fourth-order valence-corrected chi connectivity index (χ4v) is 4.45. The number of anilines is 2. The van der Waals surface area contributed by atoms with Crippen LogP contribution in [0.4, 0.5) is 15.8 Å². The standard InChI is InChI=1S/C23H22ClFN2O3S/c1-14(2)19-9-4-6-15(3)22(19)27-31(29,30)18-10-11-21(20(25)13-18)26-23(28)16-7-5-8-17(24)12-16/h4-14,27H,1-3H3,(H,26,28). The van der Waals surface area contributed by atoms with Crippen molar-refractivity contribution in [1.82, 2.24) is 0 Å². The van der Waals surface area contributed by atoms with E-state index >= 15 is 0 Å². The van der Waals surface area contributed by atoms with E-state index in [9.17, 15) is 17.6 Å². The predicted molar refractivity (Wildman–Crippen MR) is 122 cm³/mol. The van der Waals surface area contributed by atoms with Crippen LogP contribution in [0.1, 0.15) is 41.3 Å². The molecule has 5 nitrogen and oxygen atoms in total. The second-order valence-electron chi connectivity index (χ2n) is 7.41. The molecule has 0 unspecified atom stereocenters. The van der Waals surface area contributed by atoms with E-state index in [-0.39, 0.29) is 22.1 Å². The molecule has 3 aromatic carbocycles. The molecule has 2 N–H and O–H groups in total. The molecule has 162 valence electrons. The summed E-state index contributed by atoms with van der Waals surface area (Å²) in [6, 6.07) is 15.1. The van der Waals surface area contributed by atoms with Crippen molar-refractivity contribution in [2.24, 2.45) is 0 Å². The molecule has 3 rings (SSSR count). The Morgan fingerprint density at radius 2 is 1.74 bits per heavy atom. The third-order valence-electron chi connectivity index (χ3n) is 4.75. The van der Waals surface area contributed by atoms with Gasteiger partial charge in [-0.05, 0) is 60.4 Å². The number of nitrogens with one attached hydrogen (secondary N) is 2. The summed E-state index contributed by atoms with van der Waals surface area (Å²) in [7, 11) is -4.04. The van der Waals surface area contributed by atoms with E-state index in [0.29, 0.717) is 10.7 Å². The number of hydrogen-bond acceptors (Lipinski definition) is 3. The fraction of sp³-hybridized carbons (Fsp3) is 0.174. The first-order valence-electron chi connectivity index (χ1n) is 9.57. The van der Waals surface area contributed by atoms with Gasteiger partial charge in [0.15, 0.2) is 0 Å². The lowest BCUT2D eigenvalue weighted by Gasteiger charge is -2.17. The Labute approximate surface area is 186 Å². The lowest BCUT2D eigenvalue weighted by atomic mass is 9.99. The molecule has 0 saturated carbocycles. The van der Waals surface area contributed by atoms with Gasteiger partial charge in [0.2, 0.25) is 0 Å². The maximum absolute atomic E-state index is 14.6. The van der Waals surface area contributed by atoms with Crippen LogP contribution in [-0.2, 0) is 10.0 Å². The van der Waals surface area contributed by atoms with Gasteiger partial charge in [0.25, 0.3) is 15.9 Å². The Morgan fingerprint density at radius 3 is 2.39 bits per heavy atom. The Morgan fingerprint density at radius 1 is 1.03 bits per heavy atom. The topological polar surface area (TPSA) is 75.3 Å². The summed E-state index contributed by atoms with van der Waals surface area (Å²) in [5.74, 6) is -1.33. The highest BCUT2D eigenvalue weighted by atomic mass is 35.5. The summed E-state index contributed by atoms with van der Waals surface area (Å²) in [6.45, 7) is 5.73. The molecule has 0 saturated heterocycles. The zero-order valence-electron chi connectivity index (χ0n) is 17.2. The summed E-state index contributed by atoms with van der Waals surface area (Å²) in [5, 5.41) is 2.80. The van der Waals surface area contributed by atoms with E-state index in [1.165, 1.54) is 24.3 Å². The minimum absolute atomic E-state index is 0.0958. The van der Waals surface area contributed by atoms with Gasteiger partial charge in [-0.3, -0.25) is 9.52 Å². The van der Waals surface area contributed by atoms with Crippen LogP contribution in [-0.4, -0.2) is 14.3 Å². The largest absolute Gasteiger partial charge is 0.319 e. The molecule has 0 fully saturated rings. The number of carbonyl (C=O) groups is 1. The normalized spacial score (nSPS) is 11.4. The van der Waals surface area contributed by atoms with Crippen molar-refractivity contribution in [2.45, 2.75) is 31.6 Å². The summed E-state index contributed by atoms with van der Waals surface area (Å²) in [4.78, 5) is 12.1. The summed E-state index contributed by atoms with van der Waals surface area (Å²) < 4.78 is 43.0. The van der Waals surface area contributed by atoms with Crippen molar-refractivity contribution in [3.8, 4) is 0 Å². The molecule has 8 heteroatoms. The zero-order chi connectivity index (χ0) is 22.8. The number of amides is 1.